The third-order valence-electron chi connectivity index (χ3n) is 7.17. The molecule has 0 spiro atoms. The first-order valence-corrected chi connectivity index (χ1v) is 11.4. The van der Waals surface area contributed by atoms with Gasteiger partial charge < -0.3 is 9.47 Å². The van der Waals surface area contributed by atoms with Gasteiger partial charge in [-0.2, -0.15) is 0 Å². The molecule has 5 heteroatoms. The molecule has 2 aliphatic heterocycles. The summed E-state index contributed by atoms with van der Waals surface area (Å²) in [6.07, 6.45) is 18.5. The lowest BCUT2D eigenvalue weighted by atomic mass is 9.76. The number of carbonyl (C=O) groups is 1. The van der Waals surface area contributed by atoms with Crippen LogP contribution in [0, 0.1) is 17.3 Å². The van der Waals surface area contributed by atoms with Crippen molar-refractivity contribution in [1.29, 1.82) is 0 Å². The topological polar surface area (TPSA) is 67.8 Å². The van der Waals surface area contributed by atoms with Crippen molar-refractivity contribution in [2.24, 2.45) is 17.3 Å². The Morgan fingerprint density at radius 2 is 1.82 bits per heavy atom. The van der Waals surface area contributed by atoms with Gasteiger partial charge in [0.25, 0.3) is 0 Å². The van der Waals surface area contributed by atoms with E-state index in [1.165, 1.54) is 44.9 Å². The number of hydroxylamine groups is 1. The average molecular weight is 394 g/mol. The molecule has 2 saturated heterocycles. The van der Waals surface area contributed by atoms with Gasteiger partial charge in [0.15, 0.2) is 0 Å². The van der Waals surface area contributed by atoms with Crippen LogP contribution in [0.15, 0.2) is 12.2 Å². The maximum Gasteiger partial charge on any atom is 0.248 e. The highest BCUT2D eigenvalue weighted by Gasteiger charge is 2.47. The molecule has 1 amide bonds. The maximum absolute atomic E-state index is 11.6. The van der Waals surface area contributed by atoms with Gasteiger partial charge in [-0.1, -0.05) is 45.3 Å². The number of hydrogen-bond donors (Lipinski definition) is 2. The molecule has 2 heterocycles. The zero-order valence-electron chi connectivity index (χ0n) is 17.7. The van der Waals surface area contributed by atoms with Gasteiger partial charge in [0.05, 0.1) is 18.3 Å². The van der Waals surface area contributed by atoms with Gasteiger partial charge in [0, 0.05) is 12.0 Å². The number of amides is 1. The minimum absolute atomic E-state index is 0.319. The van der Waals surface area contributed by atoms with E-state index in [9.17, 15) is 4.79 Å². The van der Waals surface area contributed by atoms with Crippen LogP contribution in [0.5, 0.6) is 0 Å². The van der Waals surface area contributed by atoms with Crippen LogP contribution < -0.4 is 5.48 Å². The van der Waals surface area contributed by atoms with E-state index in [0.717, 1.165) is 32.3 Å². The molecule has 0 radical (unpaired) electrons. The van der Waals surface area contributed by atoms with Gasteiger partial charge in [-0.15, -0.1) is 0 Å². The monoisotopic (exact) mass is 393 g/mol. The molecule has 0 unspecified atom stereocenters. The van der Waals surface area contributed by atoms with Crippen LogP contribution in [0.1, 0.15) is 84.5 Å². The van der Waals surface area contributed by atoms with Crippen molar-refractivity contribution in [3.63, 3.8) is 0 Å². The summed E-state index contributed by atoms with van der Waals surface area (Å²) in [4.78, 5) is 11.6. The first-order chi connectivity index (χ1) is 13.5. The summed E-state index contributed by atoms with van der Waals surface area (Å²) in [5.41, 5.74) is 1.22. The van der Waals surface area contributed by atoms with E-state index in [4.69, 9.17) is 14.7 Å². The second-order valence-electron chi connectivity index (χ2n) is 9.61. The number of carbonyl (C=O) groups excluding carboxylic acids is 1. The summed E-state index contributed by atoms with van der Waals surface area (Å²) < 4.78 is 12.4. The third kappa shape index (κ3) is 5.58. The number of hydrogen-bond acceptors (Lipinski definition) is 4. The van der Waals surface area contributed by atoms with Crippen molar-refractivity contribution in [3.8, 4) is 0 Å². The summed E-state index contributed by atoms with van der Waals surface area (Å²) in [5, 5.41) is 8.82. The Balaban J connectivity index is 1.40. The summed E-state index contributed by atoms with van der Waals surface area (Å²) >= 11 is 0. The maximum atomic E-state index is 11.6. The molecule has 3 fully saturated rings. The molecule has 3 aliphatic rings. The highest BCUT2D eigenvalue weighted by Crippen LogP contribution is 2.46. The van der Waals surface area contributed by atoms with Crippen LogP contribution in [0.3, 0.4) is 0 Å². The SMILES string of the molecule is CC(C)(CCC=CC[C@@H]1[C@H](CCOC2CCCCC2)[C@@H]2CC[C@H]1O2)C(=O)NO. The fourth-order valence-corrected chi connectivity index (χ4v) is 5.28. The number of nitrogens with one attached hydrogen (secondary N) is 1. The molecule has 3 rings (SSSR count). The van der Waals surface area contributed by atoms with Gasteiger partial charge in [-0.3, -0.25) is 10.0 Å². The fourth-order valence-electron chi connectivity index (χ4n) is 5.28. The lowest BCUT2D eigenvalue weighted by molar-refractivity contribution is -0.138. The molecule has 1 saturated carbocycles. The van der Waals surface area contributed by atoms with Crippen molar-refractivity contribution >= 4 is 5.91 Å². The highest BCUT2D eigenvalue weighted by molar-refractivity contribution is 5.80. The van der Waals surface area contributed by atoms with E-state index in [1.807, 2.05) is 13.8 Å². The van der Waals surface area contributed by atoms with Crippen molar-refractivity contribution in [3.05, 3.63) is 12.2 Å². The van der Waals surface area contributed by atoms with Crippen LogP contribution in [-0.2, 0) is 14.3 Å². The standard InChI is InChI=1S/C23H39NO4/c1-23(2,22(25)24-26)15-8-4-7-11-18-19(21-13-12-20(18)28-21)14-16-27-17-9-5-3-6-10-17/h4,7,17-21,26H,3,5-6,8-16H2,1-2H3,(H,24,25)/t18-,19+,20-,21+/m1/s1. The lowest BCUT2D eigenvalue weighted by Gasteiger charge is -2.28. The second kappa shape index (κ2) is 10.2. The van der Waals surface area contributed by atoms with Crippen LogP contribution in [0.25, 0.3) is 0 Å². The van der Waals surface area contributed by atoms with Crippen LogP contribution in [-0.4, -0.2) is 36.0 Å². The van der Waals surface area contributed by atoms with Crippen molar-refractivity contribution in [2.75, 3.05) is 6.61 Å². The summed E-state index contributed by atoms with van der Waals surface area (Å²) in [6.45, 7) is 4.60. The van der Waals surface area contributed by atoms with Crippen LogP contribution >= 0.6 is 0 Å². The first-order valence-electron chi connectivity index (χ1n) is 11.4. The second-order valence-corrected chi connectivity index (χ2v) is 9.61. The normalized spacial score (nSPS) is 31.0. The molecule has 2 bridgehead atoms. The van der Waals surface area contributed by atoms with E-state index >= 15 is 0 Å². The van der Waals surface area contributed by atoms with E-state index in [1.54, 1.807) is 5.48 Å². The van der Waals surface area contributed by atoms with Gasteiger partial charge in [0.2, 0.25) is 5.91 Å². The molecule has 2 N–H and O–H groups in total. The molecule has 5 nitrogen and oxygen atoms in total. The van der Waals surface area contributed by atoms with Crippen LogP contribution in [0.4, 0.5) is 0 Å². The Hall–Kier alpha value is -0.910. The Labute approximate surface area is 170 Å². The quantitative estimate of drug-likeness (QED) is 0.318. The number of rotatable bonds is 10. The summed E-state index contributed by atoms with van der Waals surface area (Å²) in [7, 11) is 0. The van der Waals surface area contributed by atoms with Gasteiger partial charge >= 0.3 is 0 Å². The van der Waals surface area contributed by atoms with Gasteiger partial charge in [-0.25, -0.2) is 5.48 Å². The Morgan fingerprint density at radius 3 is 2.54 bits per heavy atom. The zero-order chi connectivity index (χ0) is 20.0. The largest absolute Gasteiger partial charge is 0.378 e. The number of ether oxygens (including phenoxy) is 2. The predicted molar refractivity (Wildman–Crippen MR) is 109 cm³/mol. The third-order valence-corrected chi connectivity index (χ3v) is 7.17. The van der Waals surface area contributed by atoms with Gasteiger partial charge in [0.1, 0.15) is 0 Å². The zero-order valence-corrected chi connectivity index (χ0v) is 17.7. The van der Waals surface area contributed by atoms with E-state index in [0.29, 0.717) is 30.1 Å². The predicted octanol–water partition coefficient (Wildman–Crippen LogP) is 4.78. The lowest BCUT2D eigenvalue weighted by Crippen LogP contribution is -2.34. The summed E-state index contributed by atoms with van der Waals surface area (Å²) in [6, 6.07) is 0. The minimum Gasteiger partial charge on any atom is -0.378 e. The number of fused-ring (bicyclic) bond motifs is 2. The van der Waals surface area contributed by atoms with Crippen LogP contribution in [0.2, 0.25) is 0 Å². The van der Waals surface area contributed by atoms with E-state index in [-0.39, 0.29) is 5.91 Å². The molecule has 0 aromatic carbocycles. The molecule has 0 aromatic rings. The molecular formula is C23H39NO4. The molecular weight excluding hydrogens is 354 g/mol. The molecule has 28 heavy (non-hydrogen) atoms. The van der Waals surface area contributed by atoms with Crippen molar-refractivity contribution < 1.29 is 19.5 Å². The molecule has 4 atom stereocenters. The molecule has 0 aromatic heterocycles. The Bertz CT molecular complexity index is 527. The molecule has 160 valence electrons. The van der Waals surface area contributed by atoms with Gasteiger partial charge in [-0.05, 0) is 63.2 Å². The fraction of sp³-hybridized carbons (Fsp3) is 0.870. The average Bonchev–Trinajstić information content (AvgIpc) is 3.30. The van der Waals surface area contributed by atoms with E-state index in [2.05, 4.69) is 12.2 Å². The van der Waals surface area contributed by atoms with E-state index < -0.39 is 5.41 Å². The smallest absolute Gasteiger partial charge is 0.248 e. The highest BCUT2D eigenvalue weighted by atomic mass is 16.5. The van der Waals surface area contributed by atoms with Crippen molar-refractivity contribution in [2.45, 2.75) is 103 Å². The first kappa shape index (κ1) is 21.8. The summed E-state index contributed by atoms with van der Waals surface area (Å²) in [5.74, 6) is 0.919. The van der Waals surface area contributed by atoms with Crippen molar-refractivity contribution in [1.82, 2.24) is 5.48 Å². The number of allylic oxidation sites excluding steroid dienone is 2. The molecule has 1 aliphatic carbocycles. The minimum atomic E-state index is -0.548. The Morgan fingerprint density at radius 1 is 1.11 bits per heavy atom. The Kier molecular flexibility index (Phi) is 7.95.